The number of amides is 1. The van der Waals surface area contributed by atoms with Gasteiger partial charge in [0.1, 0.15) is 0 Å². The molecule has 1 N–H and O–H groups in total. The van der Waals surface area contributed by atoms with Gasteiger partial charge in [0.15, 0.2) is 6.61 Å². The lowest BCUT2D eigenvalue weighted by molar-refractivity contribution is -0.124. The molecule has 152 valence electrons. The van der Waals surface area contributed by atoms with Crippen LogP contribution in [0.5, 0.6) is 0 Å². The molecule has 1 aromatic heterocycles. The van der Waals surface area contributed by atoms with Crippen LogP contribution in [0.1, 0.15) is 38.4 Å². The van der Waals surface area contributed by atoms with E-state index in [4.69, 9.17) is 10.00 Å². The van der Waals surface area contributed by atoms with Crippen LogP contribution in [0.25, 0.3) is 0 Å². The fraction of sp³-hybridized carbons (Fsp3) is 0.217. The van der Waals surface area contributed by atoms with Crippen molar-refractivity contribution in [3.8, 4) is 6.07 Å². The molecule has 0 unspecified atom stereocenters. The van der Waals surface area contributed by atoms with Gasteiger partial charge in [-0.2, -0.15) is 10.4 Å². The van der Waals surface area contributed by atoms with Crippen molar-refractivity contribution in [2.24, 2.45) is 0 Å². The molecule has 3 rings (SSSR count). The first-order valence-corrected chi connectivity index (χ1v) is 9.48. The molecule has 0 aliphatic carbocycles. The molecule has 0 aliphatic heterocycles. The number of nitrogens with zero attached hydrogens (tertiary/aromatic N) is 3. The predicted molar refractivity (Wildman–Crippen MR) is 111 cm³/mol. The number of hydrogen-bond donors (Lipinski definition) is 1. The summed E-state index contributed by atoms with van der Waals surface area (Å²) in [5.41, 5.74) is 4.48. The molecule has 0 atom stereocenters. The molecular weight excluding hydrogens is 380 g/mol. The van der Waals surface area contributed by atoms with Crippen molar-refractivity contribution in [3.63, 3.8) is 0 Å². The molecule has 3 aromatic rings. The fourth-order valence-corrected chi connectivity index (χ4v) is 3.07. The Kier molecular flexibility index (Phi) is 6.60. The van der Waals surface area contributed by atoms with Crippen molar-refractivity contribution in [2.75, 3.05) is 6.61 Å². The largest absolute Gasteiger partial charge is 0.452 e. The van der Waals surface area contributed by atoms with E-state index in [2.05, 4.69) is 10.4 Å². The quantitative estimate of drug-likeness (QED) is 0.613. The summed E-state index contributed by atoms with van der Waals surface area (Å²) in [5.74, 6) is -1.06. The number of ether oxygens (including phenoxy) is 1. The van der Waals surface area contributed by atoms with E-state index in [1.807, 2.05) is 54.9 Å². The van der Waals surface area contributed by atoms with E-state index < -0.39 is 18.5 Å². The van der Waals surface area contributed by atoms with E-state index in [1.165, 1.54) is 12.1 Å². The maximum absolute atomic E-state index is 12.1. The molecule has 0 saturated heterocycles. The van der Waals surface area contributed by atoms with Gasteiger partial charge in [-0.15, -0.1) is 0 Å². The summed E-state index contributed by atoms with van der Waals surface area (Å²) in [6.45, 7) is 4.42. The second-order valence-corrected chi connectivity index (χ2v) is 6.84. The molecule has 0 spiro atoms. The van der Waals surface area contributed by atoms with Gasteiger partial charge in [-0.25, -0.2) is 4.79 Å². The number of carbonyl (C=O) groups is 2. The summed E-state index contributed by atoms with van der Waals surface area (Å²) in [6, 6.07) is 18.1. The highest BCUT2D eigenvalue weighted by atomic mass is 16.5. The van der Waals surface area contributed by atoms with Crippen molar-refractivity contribution < 1.29 is 14.3 Å². The zero-order valence-electron chi connectivity index (χ0n) is 16.9. The smallest absolute Gasteiger partial charge is 0.338 e. The standard InChI is InChI=1S/C23H22N4O3/c1-16-21(17(2)27(26-16)14-18-7-4-3-5-8-18)13-25-22(28)15-30-23(29)20-10-6-9-19(11-20)12-24/h3-11H,13-15H2,1-2H3,(H,25,28). The lowest BCUT2D eigenvalue weighted by Crippen LogP contribution is -2.28. The lowest BCUT2D eigenvalue weighted by Gasteiger charge is -2.08. The molecule has 7 heteroatoms. The Morgan fingerprint density at radius 3 is 2.63 bits per heavy atom. The van der Waals surface area contributed by atoms with E-state index in [0.29, 0.717) is 18.7 Å². The minimum Gasteiger partial charge on any atom is -0.452 e. The van der Waals surface area contributed by atoms with Crippen LogP contribution in [0.15, 0.2) is 54.6 Å². The average Bonchev–Trinajstić information content (AvgIpc) is 3.03. The summed E-state index contributed by atoms with van der Waals surface area (Å²) >= 11 is 0. The van der Waals surface area contributed by atoms with Crippen molar-refractivity contribution >= 4 is 11.9 Å². The van der Waals surface area contributed by atoms with Crippen molar-refractivity contribution in [1.29, 1.82) is 5.26 Å². The van der Waals surface area contributed by atoms with E-state index in [9.17, 15) is 9.59 Å². The molecule has 7 nitrogen and oxygen atoms in total. The first kappa shape index (κ1) is 20.8. The van der Waals surface area contributed by atoms with Gasteiger partial charge in [-0.05, 0) is 37.6 Å². The van der Waals surface area contributed by atoms with Crippen molar-refractivity contribution in [1.82, 2.24) is 15.1 Å². The SMILES string of the molecule is Cc1nn(Cc2ccccc2)c(C)c1CNC(=O)COC(=O)c1cccc(C#N)c1. The second kappa shape index (κ2) is 9.52. The number of nitriles is 1. The highest BCUT2D eigenvalue weighted by Gasteiger charge is 2.14. The van der Waals surface area contributed by atoms with Gasteiger partial charge in [0.05, 0.1) is 29.4 Å². The van der Waals surface area contributed by atoms with Gasteiger partial charge < -0.3 is 10.1 Å². The van der Waals surface area contributed by atoms with Crippen molar-refractivity contribution in [2.45, 2.75) is 26.9 Å². The van der Waals surface area contributed by atoms with Gasteiger partial charge in [0.25, 0.3) is 5.91 Å². The van der Waals surface area contributed by atoms with E-state index in [-0.39, 0.29) is 5.56 Å². The number of benzene rings is 2. The van der Waals surface area contributed by atoms with Crippen LogP contribution in [-0.4, -0.2) is 28.3 Å². The molecular formula is C23H22N4O3. The Balaban J connectivity index is 1.54. The number of nitrogens with one attached hydrogen (secondary N) is 1. The monoisotopic (exact) mass is 402 g/mol. The van der Waals surface area contributed by atoms with Gasteiger partial charge >= 0.3 is 5.97 Å². The van der Waals surface area contributed by atoms with Crippen LogP contribution in [0, 0.1) is 25.2 Å². The number of hydrogen-bond acceptors (Lipinski definition) is 5. The highest BCUT2D eigenvalue weighted by molar-refractivity contribution is 5.91. The second-order valence-electron chi connectivity index (χ2n) is 6.84. The Morgan fingerprint density at radius 2 is 1.90 bits per heavy atom. The normalized spacial score (nSPS) is 10.3. The van der Waals surface area contributed by atoms with Crippen LogP contribution in [-0.2, 0) is 22.6 Å². The lowest BCUT2D eigenvalue weighted by atomic mass is 10.1. The minimum absolute atomic E-state index is 0.232. The molecule has 0 aliphatic rings. The number of esters is 1. The Bertz CT molecular complexity index is 1100. The van der Waals surface area contributed by atoms with Crippen LogP contribution < -0.4 is 5.32 Å². The Labute approximate surface area is 174 Å². The Hall–Kier alpha value is -3.92. The predicted octanol–water partition coefficient (Wildman–Crippen LogP) is 2.89. The summed E-state index contributed by atoms with van der Waals surface area (Å²) in [6.07, 6.45) is 0. The molecule has 1 heterocycles. The van der Waals surface area contributed by atoms with E-state index in [0.717, 1.165) is 22.5 Å². The highest BCUT2D eigenvalue weighted by Crippen LogP contribution is 2.14. The molecule has 0 bridgehead atoms. The first-order valence-electron chi connectivity index (χ1n) is 9.48. The number of aromatic nitrogens is 2. The van der Waals surface area contributed by atoms with E-state index in [1.54, 1.807) is 12.1 Å². The molecule has 0 fully saturated rings. The summed E-state index contributed by atoms with van der Waals surface area (Å²) in [7, 11) is 0. The average molecular weight is 402 g/mol. The molecule has 2 aromatic carbocycles. The maximum Gasteiger partial charge on any atom is 0.338 e. The number of carbonyl (C=O) groups excluding carboxylic acids is 2. The summed E-state index contributed by atoms with van der Waals surface area (Å²) < 4.78 is 6.95. The van der Waals surface area contributed by atoms with Gasteiger partial charge in [-0.1, -0.05) is 36.4 Å². The zero-order chi connectivity index (χ0) is 21.5. The molecule has 30 heavy (non-hydrogen) atoms. The minimum atomic E-state index is -0.648. The van der Waals surface area contributed by atoms with Crippen LogP contribution >= 0.6 is 0 Å². The molecule has 0 saturated carbocycles. The van der Waals surface area contributed by atoms with Gasteiger partial charge in [0, 0.05) is 17.8 Å². The van der Waals surface area contributed by atoms with Gasteiger partial charge in [0.2, 0.25) is 0 Å². The third-order valence-corrected chi connectivity index (χ3v) is 4.73. The van der Waals surface area contributed by atoms with Gasteiger partial charge in [-0.3, -0.25) is 9.48 Å². The summed E-state index contributed by atoms with van der Waals surface area (Å²) in [5, 5.41) is 16.2. The Morgan fingerprint density at radius 1 is 1.13 bits per heavy atom. The zero-order valence-corrected chi connectivity index (χ0v) is 16.9. The van der Waals surface area contributed by atoms with E-state index >= 15 is 0 Å². The van der Waals surface area contributed by atoms with Crippen LogP contribution in [0.4, 0.5) is 0 Å². The third-order valence-electron chi connectivity index (χ3n) is 4.73. The molecule has 1 amide bonds. The number of rotatable bonds is 7. The fourth-order valence-electron chi connectivity index (χ4n) is 3.07. The topological polar surface area (TPSA) is 97.0 Å². The van der Waals surface area contributed by atoms with Crippen LogP contribution in [0.3, 0.4) is 0 Å². The van der Waals surface area contributed by atoms with Crippen molar-refractivity contribution in [3.05, 3.63) is 88.2 Å². The first-order chi connectivity index (χ1) is 14.5. The maximum atomic E-state index is 12.1. The number of aryl methyl sites for hydroxylation is 1. The van der Waals surface area contributed by atoms with Crippen LogP contribution in [0.2, 0.25) is 0 Å². The summed E-state index contributed by atoms with van der Waals surface area (Å²) in [4.78, 5) is 24.2. The molecule has 0 radical (unpaired) electrons. The third kappa shape index (κ3) is 5.11.